The van der Waals surface area contributed by atoms with Gasteiger partial charge < -0.3 is 68.9 Å². The number of nitrogens with one attached hydrogen (secondary N) is 1. The highest BCUT2D eigenvalue weighted by atomic mass is 16.7. The lowest BCUT2D eigenvalue weighted by Crippen LogP contribution is -2.66. The van der Waals surface area contributed by atoms with Crippen molar-refractivity contribution in [1.82, 2.24) is 10.2 Å². The first-order chi connectivity index (χ1) is 28.8. The first-order valence-corrected chi connectivity index (χ1v) is 22.8. The molecule has 0 amide bonds. The number of ether oxygens (including phenoxy) is 7. The van der Waals surface area contributed by atoms with Gasteiger partial charge >= 0.3 is 5.97 Å². The Morgan fingerprint density at radius 1 is 0.952 bits per heavy atom. The van der Waals surface area contributed by atoms with Crippen molar-refractivity contribution in [3.05, 3.63) is 29.8 Å². The van der Waals surface area contributed by atoms with E-state index in [4.69, 9.17) is 33.2 Å². The Hall–Kier alpha value is -1.99. The van der Waals surface area contributed by atoms with E-state index >= 15 is 0 Å². The Bertz CT molecular complexity index is 1570. The highest BCUT2D eigenvalue weighted by molar-refractivity contribution is 5.73. The Morgan fingerprint density at radius 3 is 2.24 bits per heavy atom. The average Bonchev–Trinajstić information content (AvgIpc) is 3.21. The van der Waals surface area contributed by atoms with Gasteiger partial charge in [0.25, 0.3) is 0 Å². The maximum atomic E-state index is 14.5. The molecule has 18 atom stereocenters. The van der Waals surface area contributed by atoms with E-state index in [9.17, 15) is 30.3 Å². The fourth-order valence-electron chi connectivity index (χ4n) is 10.3. The molecule has 358 valence electrons. The van der Waals surface area contributed by atoms with Crippen molar-refractivity contribution >= 4 is 5.97 Å². The van der Waals surface area contributed by atoms with Gasteiger partial charge in [0.15, 0.2) is 12.6 Å². The van der Waals surface area contributed by atoms with E-state index in [2.05, 4.69) is 5.32 Å². The van der Waals surface area contributed by atoms with Gasteiger partial charge in [-0.15, -0.1) is 0 Å². The molecule has 15 nitrogen and oxygen atoms in total. The molecule has 62 heavy (non-hydrogen) atoms. The zero-order chi connectivity index (χ0) is 46.5. The summed E-state index contributed by atoms with van der Waals surface area (Å²) in [4.78, 5) is 16.4. The maximum Gasteiger partial charge on any atom is 0.311 e. The van der Waals surface area contributed by atoms with E-state index < -0.39 is 95.3 Å². The number of aliphatic hydroxyl groups excluding tert-OH is 2. The monoisotopic (exact) mass is 883 g/mol. The smallest absolute Gasteiger partial charge is 0.311 e. The second-order valence-electron chi connectivity index (χ2n) is 19.7. The Balaban J connectivity index is 1.75. The molecule has 0 aliphatic carbocycles. The zero-order valence-electron chi connectivity index (χ0n) is 40.0. The molecule has 3 fully saturated rings. The number of rotatable bonds is 12. The lowest BCUT2D eigenvalue weighted by atomic mass is 9.72. The quantitative estimate of drug-likeness (QED) is 0.165. The molecule has 0 radical (unpaired) electrons. The third-order valence-corrected chi connectivity index (χ3v) is 14.4. The van der Waals surface area contributed by atoms with Crippen LogP contribution in [-0.2, 0) is 39.6 Å². The van der Waals surface area contributed by atoms with Crippen LogP contribution in [0.3, 0.4) is 0 Å². The summed E-state index contributed by atoms with van der Waals surface area (Å²) in [6.07, 6.45) is -6.08. The van der Waals surface area contributed by atoms with E-state index in [1.54, 1.807) is 48.8 Å². The topological polar surface area (TPSA) is 198 Å². The number of cyclic esters (lactones) is 1. The number of aryl methyl sites for hydroxylation is 1. The fraction of sp³-hybridized carbons (Fsp3) is 0.851. The van der Waals surface area contributed by atoms with Crippen LogP contribution in [0.4, 0.5) is 0 Å². The second kappa shape index (κ2) is 21.5. The first kappa shape index (κ1) is 52.6. The Morgan fingerprint density at radius 2 is 1.63 bits per heavy atom. The van der Waals surface area contributed by atoms with Crippen molar-refractivity contribution in [2.24, 2.45) is 17.8 Å². The minimum Gasteiger partial charge on any atom is -0.497 e. The summed E-state index contributed by atoms with van der Waals surface area (Å²) >= 11 is 0. The molecule has 0 spiro atoms. The van der Waals surface area contributed by atoms with Crippen molar-refractivity contribution in [2.75, 3.05) is 34.9 Å². The molecular weight excluding hydrogens is 801 g/mol. The molecule has 4 rings (SSSR count). The number of nitrogens with zero attached hydrogens (tertiary/aromatic N) is 1. The van der Waals surface area contributed by atoms with Crippen molar-refractivity contribution in [1.29, 1.82) is 0 Å². The van der Waals surface area contributed by atoms with Gasteiger partial charge in [0.1, 0.15) is 34.8 Å². The minimum atomic E-state index is -1.80. The van der Waals surface area contributed by atoms with E-state index in [1.807, 2.05) is 71.0 Å². The van der Waals surface area contributed by atoms with Gasteiger partial charge in [-0.2, -0.15) is 0 Å². The SMILES string of the molecule is CC[C@@H]1OC(=O)[C@H](C)[C@H](OC2C[C@@](C)(OC)[C@](O)(CCCc3cccc(OC)c3)[C@H](C)O2)[C@@H](C)[C@@H](O[C@@H]2O[C@H](C)C[C@H](N(C)C)[C@H]2O)[C@](C)(O)C[C@@H](C)NC[C@@H](C)[C@H](O)[C@]1(C)O. The predicted octanol–water partition coefficient (Wildman–Crippen LogP) is 3.96. The number of hydrogen-bond acceptors (Lipinski definition) is 15. The van der Waals surface area contributed by atoms with Gasteiger partial charge in [-0.05, 0) is 125 Å². The van der Waals surface area contributed by atoms with Gasteiger partial charge in [0, 0.05) is 38.1 Å². The van der Waals surface area contributed by atoms with Gasteiger partial charge in [0.05, 0.1) is 49.1 Å². The lowest BCUT2D eigenvalue weighted by molar-refractivity contribution is -0.338. The summed E-state index contributed by atoms with van der Waals surface area (Å²) in [6.45, 7) is 17.9. The van der Waals surface area contributed by atoms with E-state index in [0.717, 1.165) is 11.3 Å². The molecule has 1 aromatic carbocycles. The summed E-state index contributed by atoms with van der Waals surface area (Å²) < 4.78 is 44.1. The molecule has 3 aliphatic rings. The normalized spacial score (nSPS) is 44.3. The second-order valence-corrected chi connectivity index (χ2v) is 19.7. The number of likely N-dealkylation sites (N-methyl/N-ethyl adjacent to an activating group) is 1. The predicted molar refractivity (Wildman–Crippen MR) is 234 cm³/mol. The molecule has 6 N–H and O–H groups in total. The number of methoxy groups -OCH3 is 2. The number of aliphatic hydroxyl groups is 5. The van der Waals surface area contributed by atoms with E-state index in [0.29, 0.717) is 25.7 Å². The van der Waals surface area contributed by atoms with Gasteiger partial charge in [-0.25, -0.2) is 0 Å². The van der Waals surface area contributed by atoms with Crippen molar-refractivity contribution in [2.45, 2.75) is 204 Å². The summed E-state index contributed by atoms with van der Waals surface area (Å²) in [6, 6.07) is 7.22. The molecule has 3 aliphatic heterocycles. The van der Waals surface area contributed by atoms with Crippen LogP contribution >= 0.6 is 0 Å². The number of esters is 1. The van der Waals surface area contributed by atoms with Crippen LogP contribution in [0.25, 0.3) is 0 Å². The average molecular weight is 883 g/mol. The molecule has 0 saturated carbocycles. The van der Waals surface area contributed by atoms with Crippen LogP contribution < -0.4 is 10.1 Å². The molecule has 0 aromatic heterocycles. The van der Waals surface area contributed by atoms with Crippen LogP contribution in [0.2, 0.25) is 0 Å². The van der Waals surface area contributed by atoms with Crippen LogP contribution in [-0.4, -0.2) is 161 Å². The summed E-state index contributed by atoms with van der Waals surface area (Å²) in [5, 5.41) is 63.3. The molecular formula is C47H82N2O13. The Labute approximate surface area is 371 Å². The number of hydrogen-bond donors (Lipinski definition) is 6. The number of benzene rings is 1. The van der Waals surface area contributed by atoms with Crippen molar-refractivity contribution in [3.8, 4) is 5.75 Å². The lowest BCUT2D eigenvalue weighted by Gasteiger charge is -2.54. The van der Waals surface area contributed by atoms with Crippen molar-refractivity contribution in [3.63, 3.8) is 0 Å². The van der Waals surface area contributed by atoms with E-state index in [1.165, 1.54) is 6.92 Å². The highest BCUT2D eigenvalue weighted by Crippen LogP contribution is 2.45. The molecule has 3 heterocycles. The number of carbonyl (C=O) groups excluding carboxylic acids is 1. The standard InChI is InChI=1S/C47H82N2O13/c1-15-36-46(10,54)40(51)27(2)26-48-28(3)24-44(8,53)41(62-43-38(50)35(49(11)12)22-29(4)58-43)30(5)39(31(6)42(52)60-36)61-37-25-45(9,57-14)47(55,32(7)59-37)21-17-19-33-18-16-20-34(23-33)56-13/h16,18,20,23,27-32,35-41,43,48,50-51,53-55H,15,17,19,21-22,24-26H2,1-14H3/t27-,28-,29-,30-,31-,32+,35+,36+,37?,38-,39-,40+,41-,43+,44-,45-,46-,47+/m1/s1. The third-order valence-electron chi connectivity index (χ3n) is 14.4. The molecule has 1 unspecified atom stereocenters. The third kappa shape index (κ3) is 11.9. The van der Waals surface area contributed by atoms with Gasteiger partial charge in [-0.3, -0.25) is 4.79 Å². The zero-order valence-corrected chi connectivity index (χ0v) is 40.0. The Kier molecular flexibility index (Phi) is 18.3. The first-order valence-electron chi connectivity index (χ1n) is 22.8. The highest BCUT2D eigenvalue weighted by Gasteiger charge is 2.58. The van der Waals surface area contributed by atoms with Crippen LogP contribution in [0.5, 0.6) is 5.75 Å². The van der Waals surface area contributed by atoms with Crippen LogP contribution in [0.1, 0.15) is 113 Å². The number of carbonyl (C=O) groups is 1. The molecule has 0 bridgehead atoms. The maximum absolute atomic E-state index is 14.5. The molecule has 15 heteroatoms. The summed E-state index contributed by atoms with van der Waals surface area (Å²) in [5.41, 5.74) is -4.93. The largest absolute Gasteiger partial charge is 0.497 e. The minimum absolute atomic E-state index is 0.0835. The molecule has 3 saturated heterocycles. The van der Waals surface area contributed by atoms with Gasteiger partial charge in [0.2, 0.25) is 0 Å². The summed E-state index contributed by atoms with van der Waals surface area (Å²) in [5.74, 6) is -2.25. The molecule has 1 aromatic rings. The fourth-order valence-corrected chi connectivity index (χ4v) is 10.3. The summed E-state index contributed by atoms with van der Waals surface area (Å²) in [7, 11) is 6.95. The van der Waals surface area contributed by atoms with Gasteiger partial charge in [-0.1, -0.05) is 32.9 Å². The van der Waals surface area contributed by atoms with E-state index in [-0.39, 0.29) is 44.0 Å². The van der Waals surface area contributed by atoms with Crippen molar-refractivity contribution < 1.29 is 63.5 Å². The van der Waals surface area contributed by atoms with Crippen LogP contribution in [0, 0.1) is 17.8 Å². The van der Waals surface area contributed by atoms with Crippen LogP contribution in [0.15, 0.2) is 24.3 Å².